The minimum atomic E-state index is -0.822. The number of fused-ring (bicyclic) bond motifs is 1. The molecule has 13 heteroatoms. The fourth-order valence-corrected chi connectivity index (χ4v) is 7.71. The van der Waals surface area contributed by atoms with Crippen LogP contribution in [0.4, 0.5) is 31.0 Å². The van der Waals surface area contributed by atoms with E-state index in [1.165, 1.54) is 6.07 Å². The normalized spacial score (nSPS) is 17.8. The zero-order valence-corrected chi connectivity index (χ0v) is 28.4. The number of benzene rings is 3. The summed E-state index contributed by atoms with van der Waals surface area (Å²) in [7, 11) is 0. The molecule has 3 aliphatic rings. The minimum Gasteiger partial charge on any atom is -0.397 e. The second-order valence-corrected chi connectivity index (χ2v) is 13.6. The van der Waals surface area contributed by atoms with Gasteiger partial charge in [0.25, 0.3) is 0 Å². The van der Waals surface area contributed by atoms with Crippen molar-refractivity contribution in [1.29, 1.82) is 0 Å². The van der Waals surface area contributed by atoms with Crippen LogP contribution in [0.3, 0.4) is 0 Å². The van der Waals surface area contributed by atoms with Gasteiger partial charge in [-0.3, -0.25) is 4.79 Å². The molecule has 0 saturated carbocycles. The van der Waals surface area contributed by atoms with E-state index in [0.717, 1.165) is 16.8 Å². The van der Waals surface area contributed by atoms with Crippen molar-refractivity contribution in [3.05, 3.63) is 86.6 Å². The molecule has 3 aromatic carbocycles. The molecular formula is C33H36Br2FN7O3. The van der Waals surface area contributed by atoms with Crippen LogP contribution in [-0.2, 0) is 17.8 Å². The highest BCUT2D eigenvalue weighted by Gasteiger charge is 2.35. The van der Waals surface area contributed by atoms with Gasteiger partial charge in [-0.15, -0.1) is 0 Å². The number of halogens is 3. The molecule has 2 fully saturated rings. The summed E-state index contributed by atoms with van der Waals surface area (Å²) in [5.41, 5.74) is 9.90. The molecule has 242 valence electrons. The van der Waals surface area contributed by atoms with Crippen LogP contribution in [0.15, 0.2) is 69.6 Å². The van der Waals surface area contributed by atoms with Gasteiger partial charge in [-0.25, -0.2) is 14.0 Å². The second kappa shape index (κ2) is 13.9. The molecule has 0 bridgehead atoms. The van der Waals surface area contributed by atoms with Crippen LogP contribution in [0.5, 0.6) is 0 Å². The van der Waals surface area contributed by atoms with Crippen LogP contribution in [-0.4, -0.2) is 84.0 Å². The Hall–Kier alpha value is -3.84. The summed E-state index contributed by atoms with van der Waals surface area (Å²) in [5, 5.41) is 6.00. The van der Waals surface area contributed by atoms with E-state index in [4.69, 9.17) is 5.73 Å². The van der Waals surface area contributed by atoms with E-state index in [0.29, 0.717) is 79.0 Å². The number of nitrogen functional groups attached to an aromatic ring is 1. The topological polar surface area (TPSA) is 114 Å². The van der Waals surface area contributed by atoms with Gasteiger partial charge in [0, 0.05) is 72.9 Å². The van der Waals surface area contributed by atoms with Crippen LogP contribution in [0.25, 0.3) is 0 Å². The number of amides is 5. The van der Waals surface area contributed by atoms with E-state index < -0.39 is 6.04 Å². The molecule has 0 radical (unpaired) electrons. The van der Waals surface area contributed by atoms with Crippen molar-refractivity contribution in [2.75, 3.05) is 55.2 Å². The average Bonchev–Trinajstić information content (AvgIpc) is 3.06. The van der Waals surface area contributed by atoms with Gasteiger partial charge in [-0.2, -0.15) is 0 Å². The monoisotopic (exact) mass is 755 g/mol. The lowest BCUT2D eigenvalue weighted by molar-refractivity contribution is -0.133. The van der Waals surface area contributed by atoms with Gasteiger partial charge >= 0.3 is 12.1 Å². The predicted octanol–water partition coefficient (Wildman–Crippen LogP) is 5.41. The highest BCUT2D eigenvalue weighted by Crippen LogP contribution is 2.31. The number of urea groups is 2. The molecule has 46 heavy (non-hydrogen) atoms. The maximum absolute atomic E-state index is 14.4. The highest BCUT2D eigenvalue weighted by atomic mass is 79.9. The molecule has 0 unspecified atom stereocenters. The number of rotatable bonds is 6. The molecule has 1 atom stereocenters. The number of piperidine rings is 1. The van der Waals surface area contributed by atoms with Gasteiger partial charge in [0.05, 0.1) is 11.4 Å². The van der Waals surface area contributed by atoms with Gasteiger partial charge in [0.15, 0.2) is 0 Å². The molecule has 0 aliphatic carbocycles. The van der Waals surface area contributed by atoms with Crippen LogP contribution >= 0.6 is 31.9 Å². The largest absolute Gasteiger partial charge is 0.397 e. The quantitative estimate of drug-likeness (QED) is 0.291. The first-order chi connectivity index (χ1) is 22.2. The maximum atomic E-state index is 14.4. The van der Waals surface area contributed by atoms with Gasteiger partial charge in [0.2, 0.25) is 5.91 Å². The molecule has 3 aliphatic heterocycles. The number of carbonyl (C=O) groups excluding carboxylic acids is 3. The van der Waals surface area contributed by atoms with Gasteiger partial charge in [-0.1, -0.05) is 30.3 Å². The lowest BCUT2D eigenvalue weighted by atomic mass is 10.0. The Kier molecular flexibility index (Phi) is 9.69. The number of hydrogen-bond donors (Lipinski definition) is 3. The Labute approximate surface area is 284 Å². The fourth-order valence-electron chi connectivity index (χ4n) is 6.43. The van der Waals surface area contributed by atoms with Crippen LogP contribution in [0, 0.1) is 5.82 Å². The maximum Gasteiger partial charge on any atom is 0.322 e. The first-order valence-electron chi connectivity index (χ1n) is 15.4. The summed E-state index contributed by atoms with van der Waals surface area (Å²) < 4.78 is 15.8. The number of carbonyl (C=O) groups is 3. The van der Waals surface area contributed by atoms with Crippen LogP contribution in [0.1, 0.15) is 24.0 Å². The first kappa shape index (κ1) is 32.1. The summed E-state index contributed by atoms with van der Waals surface area (Å²) in [5.74, 6) is -0.481. The van der Waals surface area contributed by atoms with E-state index in [-0.39, 0.29) is 36.2 Å². The first-order valence-corrected chi connectivity index (χ1v) is 17.0. The van der Waals surface area contributed by atoms with Crippen molar-refractivity contribution >= 4 is 66.9 Å². The summed E-state index contributed by atoms with van der Waals surface area (Å²) in [4.78, 5) is 47.7. The number of likely N-dealkylation sites (tertiary alicyclic amines) is 1. The van der Waals surface area contributed by atoms with E-state index >= 15 is 0 Å². The Morgan fingerprint density at radius 1 is 0.935 bits per heavy atom. The summed E-state index contributed by atoms with van der Waals surface area (Å²) >= 11 is 6.97. The van der Waals surface area contributed by atoms with Gasteiger partial charge in [-0.05, 0) is 86.2 Å². The molecule has 6 rings (SSSR count). The fraction of sp³-hybridized carbons (Fsp3) is 0.364. The van der Waals surface area contributed by atoms with Gasteiger partial charge < -0.3 is 36.0 Å². The van der Waals surface area contributed by atoms with Crippen molar-refractivity contribution < 1.29 is 18.8 Å². The average molecular weight is 758 g/mol. The minimum absolute atomic E-state index is 0.00469. The molecule has 10 nitrogen and oxygen atoms in total. The van der Waals surface area contributed by atoms with E-state index in [1.54, 1.807) is 28.0 Å². The lowest BCUT2D eigenvalue weighted by Gasteiger charge is -2.41. The molecular weight excluding hydrogens is 721 g/mol. The standard InChI is InChI=1S/C33H36Br2FN7O3/c34-24-17-21(18-25(35)30(24)37)19-28(31(44)41-15-13-40(14-16-41)29-8-4-2-6-26(29)36)39-32(45)42-11-9-23(10-12-42)43-20-22-5-1-3-7-27(22)38-33(43)46/h1-8,17-18,23,28H,9-16,19-20,37H2,(H,38,46)(H,39,45)/t28-/m1/s1. The summed E-state index contributed by atoms with van der Waals surface area (Å²) in [6, 6.07) is 16.9. The zero-order chi connectivity index (χ0) is 32.4. The Balaban J connectivity index is 1.11. The number of anilines is 3. The molecule has 4 N–H and O–H groups in total. The number of nitrogens with two attached hydrogens (primary N) is 1. The van der Waals surface area contributed by atoms with E-state index in [2.05, 4.69) is 42.5 Å². The summed E-state index contributed by atoms with van der Waals surface area (Å²) in [6.45, 7) is 3.23. The Bertz CT molecular complexity index is 1600. The zero-order valence-electron chi connectivity index (χ0n) is 25.2. The molecule has 3 aromatic rings. The van der Waals surface area contributed by atoms with E-state index in [9.17, 15) is 18.8 Å². The third-order valence-corrected chi connectivity index (χ3v) is 10.3. The molecule has 2 saturated heterocycles. The van der Waals surface area contributed by atoms with Crippen molar-refractivity contribution in [2.45, 2.75) is 37.9 Å². The van der Waals surface area contributed by atoms with E-state index in [1.807, 2.05) is 46.2 Å². The molecule has 0 aromatic heterocycles. The number of piperazine rings is 1. The molecule has 0 spiro atoms. The number of nitrogens with zero attached hydrogens (tertiary/aromatic N) is 4. The van der Waals surface area contributed by atoms with Crippen LogP contribution in [0.2, 0.25) is 0 Å². The SMILES string of the molecule is Nc1c(Br)cc(C[C@@H](NC(=O)N2CCC(N3Cc4ccccc4NC3=O)CC2)C(=O)N2CCN(c3ccccc3F)CC2)cc1Br. The number of nitrogens with one attached hydrogen (secondary N) is 2. The Morgan fingerprint density at radius 2 is 1.59 bits per heavy atom. The van der Waals surface area contributed by atoms with Crippen molar-refractivity contribution in [1.82, 2.24) is 20.0 Å². The highest BCUT2D eigenvalue weighted by molar-refractivity contribution is 9.11. The number of hydrogen-bond acceptors (Lipinski definition) is 5. The molecule has 3 heterocycles. The van der Waals surface area contributed by atoms with Crippen molar-refractivity contribution in [3.8, 4) is 0 Å². The molecule has 5 amide bonds. The number of para-hydroxylation sites is 2. The van der Waals surface area contributed by atoms with Crippen LogP contribution < -0.4 is 21.3 Å². The van der Waals surface area contributed by atoms with Crippen molar-refractivity contribution in [2.24, 2.45) is 0 Å². The third kappa shape index (κ3) is 6.95. The third-order valence-electron chi connectivity index (χ3n) is 9.01. The Morgan fingerprint density at radius 3 is 2.28 bits per heavy atom. The predicted molar refractivity (Wildman–Crippen MR) is 183 cm³/mol. The van der Waals surface area contributed by atoms with Crippen molar-refractivity contribution in [3.63, 3.8) is 0 Å². The lowest BCUT2D eigenvalue weighted by Crippen LogP contribution is -2.58. The second-order valence-electron chi connectivity index (χ2n) is 11.9. The van der Waals surface area contributed by atoms with Gasteiger partial charge in [0.1, 0.15) is 11.9 Å². The smallest absolute Gasteiger partial charge is 0.322 e. The summed E-state index contributed by atoms with van der Waals surface area (Å²) in [6.07, 6.45) is 1.54.